The zero-order chi connectivity index (χ0) is 24.2. The molecule has 0 aliphatic heterocycles. The lowest BCUT2D eigenvalue weighted by Gasteiger charge is -2.05. The molecule has 0 saturated heterocycles. The molecule has 0 radical (unpaired) electrons. The highest BCUT2D eigenvalue weighted by Crippen LogP contribution is 2.32. The van der Waals surface area contributed by atoms with E-state index in [1.54, 1.807) is 48.9 Å². The number of halogens is 2. The molecule has 12 heteroatoms. The van der Waals surface area contributed by atoms with E-state index in [2.05, 4.69) is 25.5 Å². The van der Waals surface area contributed by atoms with Crippen molar-refractivity contribution < 1.29 is 13.6 Å². The molecule has 1 aromatic carbocycles. The second-order valence-electron chi connectivity index (χ2n) is 7.06. The average Bonchev–Trinajstić information content (AvgIpc) is 3.64. The number of hydrogen-bond acceptors (Lipinski definition) is 9. The predicted molar refractivity (Wildman–Crippen MR) is 137 cm³/mol. The molecular formula is C23H15Cl2N5O3S2. The number of furan rings is 2. The third kappa shape index (κ3) is 5.57. The zero-order valence-corrected chi connectivity index (χ0v) is 20.9. The van der Waals surface area contributed by atoms with Crippen molar-refractivity contribution in [2.24, 2.45) is 0 Å². The van der Waals surface area contributed by atoms with E-state index in [0.717, 1.165) is 5.56 Å². The SMILES string of the molecule is O=C(CCSc1nnc(-c2ccco2)c(-c2ccco2)n1)Nc1nc(-c2ccc(Cl)c(Cl)c2)cs1. The molecule has 4 heterocycles. The minimum atomic E-state index is -0.168. The summed E-state index contributed by atoms with van der Waals surface area (Å²) in [6, 6.07) is 12.4. The van der Waals surface area contributed by atoms with Crippen LogP contribution >= 0.6 is 46.3 Å². The molecule has 1 N–H and O–H groups in total. The summed E-state index contributed by atoms with van der Waals surface area (Å²) in [6.45, 7) is 0. The van der Waals surface area contributed by atoms with Crippen LogP contribution in [0, 0.1) is 0 Å². The first kappa shape index (κ1) is 23.6. The Labute approximate surface area is 217 Å². The summed E-state index contributed by atoms with van der Waals surface area (Å²) < 4.78 is 11.0. The molecule has 5 aromatic rings. The van der Waals surface area contributed by atoms with Gasteiger partial charge in [0, 0.05) is 23.1 Å². The lowest BCUT2D eigenvalue weighted by molar-refractivity contribution is -0.115. The number of carbonyl (C=O) groups is 1. The van der Waals surface area contributed by atoms with Gasteiger partial charge >= 0.3 is 0 Å². The Morgan fingerprint density at radius 1 is 0.971 bits per heavy atom. The molecule has 0 bridgehead atoms. The van der Waals surface area contributed by atoms with E-state index in [1.165, 1.54) is 23.1 Å². The first-order valence-corrected chi connectivity index (χ1v) is 12.8. The Hall–Kier alpha value is -3.18. The summed E-state index contributed by atoms with van der Waals surface area (Å²) in [5.74, 6) is 1.37. The van der Waals surface area contributed by atoms with Crippen LogP contribution in [0.5, 0.6) is 0 Å². The number of carbonyl (C=O) groups excluding carboxylic acids is 1. The summed E-state index contributed by atoms with van der Waals surface area (Å²) in [6.07, 6.45) is 3.36. The number of thiazole rings is 1. The Morgan fingerprint density at radius 2 is 1.74 bits per heavy atom. The molecule has 0 atom stereocenters. The van der Waals surface area contributed by atoms with Crippen molar-refractivity contribution in [1.29, 1.82) is 0 Å². The maximum absolute atomic E-state index is 12.4. The van der Waals surface area contributed by atoms with E-state index >= 15 is 0 Å². The first-order valence-electron chi connectivity index (χ1n) is 10.2. The Balaban J connectivity index is 1.20. The van der Waals surface area contributed by atoms with E-state index in [1.807, 2.05) is 11.4 Å². The van der Waals surface area contributed by atoms with Crippen LogP contribution in [0.4, 0.5) is 5.13 Å². The van der Waals surface area contributed by atoms with E-state index < -0.39 is 0 Å². The number of hydrogen-bond donors (Lipinski definition) is 1. The van der Waals surface area contributed by atoms with Gasteiger partial charge in [0.2, 0.25) is 11.1 Å². The molecule has 0 saturated carbocycles. The fraction of sp³-hybridized carbons (Fsp3) is 0.0870. The molecule has 4 aromatic heterocycles. The van der Waals surface area contributed by atoms with Crippen LogP contribution in [-0.4, -0.2) is 31.8 Å². The molecule has 0 aliphatic carbocycles. The normalized spacial score (nSPS) is 11.0. The Bertz CT molecular complexity index is 1460. The van der Waals surface area contributed by atoms with Gasteiger partial charge in [-0.3, -0.25) is 4.79 Å². The minimum Gasteiger partial charge on any atom is -0.463 e. The summed E-state index contributed by atoms with van der Waals surface area (Å²) in [7, 11) is 0. The zero-order valence-electron chi connectivity index (χ0n) is 17.8. The van der Waals surface area contributed by atoms with E-state index in [0.29, 0.717) is 54.7 Å². The van der Waals surface area contributed by atoms with E-state index in [-0.39, 0.29) is 12.3 Å². The number of aromatic nitrogens is 4. The summed E-state index contributed by atoms with van der Waals surface area (Å²) in [5.41, 5.74) is 2.53. The number of nitrogens with one attached hydrogen (secondary N) is 1. The molecule has 0 fully saturated rings. The van der Waals surface area contributed by atoms with Gasteiger partial charge in [-0.2, -0.15) is 0 Å². The molecule has 8 nitrogen and oxygen atoms in total. The van der Waals surface area contributed by atoms with Crippen LogP contribution < -0.4 is 5.32 Å². The maximum atomic E-state index is 12.4. The van der Waals surface area contributed by atoms with Crippen LogP contribution in [0.15, 0.2) is 74.4 Å². The third-order valence-corrected chi connectivity index (χ3v) is 7.04. The number of rotatable bonds is 8. The molecule has 0 unspecified atom stereocenters. The van der Waals surface area contributed by atoms with E-state index in [4.69, 9.17) is 32.0 Å². The summed E-state index contributed by atoms with van der Waals surface area (Å²) in [4.78, 5) is 21.5. The monoisotopic (exact) mass is 543 g/mol. The molecule has 1 amide bonds. The predicted octanol–water partition coefficient (Wildman–Crippen LogP) is 6.94. The van der Waals surface area contributed by atoms with Gasteiger partial charge in [-0.25, -0.2) is 9.97 Å². The Morgan fingerprint density at radius 3 is 2.46 bits per heavy atom. The molecule has 0 aliphatic rings. The van der Waals surface area contributed by atoms with Gasteiger partial charge in [-0.05, 0) is 36.4 Å². The van der Waals surface area contributed by atoms with Crippen molar-refractivity contribution >= 4 is 57.3 Å². The van der Waals surface area contributed by atoms with Crippen LogP contribution in [-0.2, 0) is 4.79 Å². The summed E-state index contributed by atoms with van der Waals surface area (Å²) in [5, 5.41) is 15.0. The number of nitrogens with zero attached hydrogens (tertiary/aromatic N) is 4. The topological polar surface area (TPSA) is 107 Å². The van der Waals surface area contributed by atoms with Crippen molar-refractivity contribution in [2.75, 3.05) is 11.1 Å². The van der Waals surface area contributed by atoms with Crippen molar-refractivity contribution in [1.82, 2.24) is 20.2 Å². The minimum absolute atomic E-state index is 0.168. The quantitative estimate of drug-likeness (QED) is 0.209. The van der Waals surface area contributed by atoms with Crippen LogP contribution in [0.25, 0.3) is 34.2 Å². The largest absolute Gasteiger partial charge is 0.463 e. The third-order valence-electron chi connectivity index (χ3n) is 4.70. The van der Waals surface area contributed by atoms with Crippen LogP contribution in [0.3, 0.4) is 0 Å². The number of benzene rings is 1. The molecular weight excluding hydrogens is 529 g/mol. The van der Waals surface area contributed by atoms with Gasteiger partial charge < -0.3 is 14.2 Å². The summed E-state index contributed by atoms with van der Waals surface area (Å²) >= 11 is 14.7. The van der Waals surface area contributed by atoms with Gasteiger partial charge in [0.05, 0.1) is 28.3 Å². The highest BCUT2D eigenvalue weighted by molar-refractivity contribution is 7.99. The Kier molecular flexibility index (Phi) is 7.14. The van der Waals surface area contributed by atoms with Gasteiger partial charge in [0.15, 0.2) is 22.3 Å². The fourth-order valence-corrected chi connectivity index (χ4v) is 4.83. The highest BCUT2D eigenvalue weighted by atomic mass is 35.5. The van der Waals surface area contributed by atoms with Crippen LogP contribution in [0.2, 0.25) is 10.0 Å². The van der Waals surface area contributed by atoms with Crippen LogP contribution in [0.1, 0.15) is 6.42 Å². The van der Waals surface area contributed by atoms with Crippen molar-refractivity contribution in [3.63, 3.8) is 0 Å². The molecule has 0 spiro atoms. The molecule has 35 heavy (non-hydrogen) atoms. The smallest absolute Gasteiger partial charge is 0.226 e. The van der Waals surface area contributed by atoms with E-state index in [9.17, 15) is 4.79 Å². The second-order valence-corrected chi connectivity index (χ2v) is 9.79. The van der Waals surface area contributed by atoms with Gasteiger partial charge in [0.25, 0.3) is 0 Å². The van der Waals surface area contributed by atoms with Crippen molar-refractivity contribution in [3.8, 4) is 34.2 Å². The van der Waals surface area contributed by atoms with Gasteiger partial charge in [0.1, 0.15) is 5.69 Å². The lowest BCUT2D eigenvalue weighted by atomic mass is 10.2. The first-order chi connectivity index (χ1) is 17.1. The average molecular weight is 544 g/mol. The second kappa shape index (κ2) is 10.6. The fourth-order valence-electron chi connectivity index (χ4n) is 3.07. The van der Waals surface area contributed by atoms with Gasteiger partial charge in [-0.15, -0.1) is 21.5 Å². The molecule has 5 rings (SSSR count). The lowest BCUT2D eigenvalue weighted by Crippen LogP contribution is -2.12. The molecule has 176 valence electrons. The number of thioether (sulfide) groups is 1. The standard InChI is InChI=1S/C23H15Cl2N5O3S2/c24-14-6-5-13(11-15(14)25)16-12-35-22(26-16)27-19(31)7-10-34-23-28-20(17-3-1-8-32-17)21(29-30-23)18-4-2-9-33-18/h1-6,8-9,11-12H,7,10H2,(H,26,27,31). The van der Waals surface area contributed by atoms with Crippen molar-refractivity contribution in [3.05, 3.63) is 70.4 Å². The number of amides is 1. The number of anilines is 1. The maximum Gasteiger partial charge on any atom is 0.226 e. The van der Waals surface area contributed by atoms with Crippen molar-refractivity contribution in [2.45, 2.75) is 11.6 Å². The highest BCUT2D eigenvalue weighted by Gasteiger charge is 2.18. The van der Waals surface area contributed by atoms with Gasteiger partial charge in [-0.1, -0.05) is 41.0 Å².